The molecule has 2 fully saturated rings. The summed E-state index contributed by atoms with van der Waals surface area (Å²) in [4.78, 5) is 26.1. The van der Waals surface area contributed by atoms with Crippen LogP contribution in [0.5, 0.6) is 0 Å². The summed E-state index contributed by atoms with van der Waals surface area (Å²) < 4.78 is 19.7. The molecular formula is C28H32ClFN2O3. The van der Waals surface area contributed by atoms with Crippen molar-refractivity contribution in [3.8, 4) is 0 Å². The lowest BCUT2D eigenvalue weighted by Crippen LogP contribution is -2.50. The highest BCUT2D eigenvalue weighted by molar-refractivity contribution is 6.34. The molecule has 0 bridgehead atoms. The second-order valence-corrected chi connectivity index (χ2v) is 10.2. The minimum Gasteiger partial charge on any atom is -0.378 e. The molecular weight excluding hydrogens is 467 g/mol. The fourth-order valence-electron chi connectivity index (χ4n) is 5.32. The molecule has 0 saturated carbocycles. The quantitative estimate of drug-likeness (QED) is 0.512. The molecule has 5 nitrogen and oxygen atoms in total. The van der Waals surface area contributed by atoms with Crippen LogP contribution in [-0.4, -0.2) is 24.4 Å². The fourth-order valence-corrected chi connectivity index (χ4v) is 5.70. The Morgan fingerprint density at radius 1 is 1.29 bits per heavy atom. The van der Waals surface area contributed by atoms with E-state index < -0.39 is 17.3 Å². The van der Waals surface area contributed by atoms with Crippen LogP contribution in [0.2, 0.25) is 5.02 Å². The summed E-state index contributed by atoms with van der Waals surface area (Å²) in [5.41, 5.74) is 1.17. The van der Waals surface area contributed by atoms with Crippen LogP contribution in [0.4, 0.5) is 10.1 Å². The first kappa shape index (κ1) is 25.4. The van der Waals surface area contributed by atoms with Gasteiger partial charge in [0.25, 0.3) is 5.91 Å². The number of carbonyl (C=O) groups is 2. The minimum absolute atomic E-state index is 0.0624. The van der Waals surface area contributed by atoms with Crippen LogP contribution in [0.1, 0.15) is 62.4 Å². The molecule has 2 aromatic carbocycles. The lowest BCUT2D eigenvalue weighted by molar-refractivity contribution is -0.126. The number of ether oxygens (including phenoxy) is 1. The van der Waals surface area contributed by atoms with Gasteiger partial charge in [0.2, 0.25) is 0 Å². The first-order valence-electron chi connectivity index (χ1n) is 12.2. The van der Waals surface area contributed by atoms with Crippen LogP contribution in [-0.2, 0) is 15.1 Å². The highest BCUT2D eigenvalue weighted by atomic mass is 35.5. The summed E-state index contributed by atoms with van der Waals surface area (Å²) in [6.07, 6.45) is 5.22. The van der Waals surface area contributed by atoms with Gasteiger partial charge in [0.1, 0.15) is 11.6 Å². The van der Waals surface area contributed by atoms with Crippen LogP contribution in [0.3, 0.4) is 0 Å². The third-order valence-corrected chi connectivity index (χ3v) is 7.55. The van der Waals surface area contributed by atoms with Crippen LogP contribution >= 0.6 is 11.6 Å². The number of amides is 1. The van der Waals surface area contributed by atoms with Crippen molar-refractivity contribution in [3.05, 3.63) is 76.2 Å². The highest BCUT2D eigenvalue weighted by Crippen LogP contribution is 2.42. The Morgan fingerprint density at radius 2 is 2.06 bits per heavy atom. The smallest absolute Gasteiger partial charge is 0.258 e. The van der Waals surface area contributed by atoms with E-state index in [1.807, 2.05) is 26.0 Å². The Bertz CT molecular complexity index is 1150. The molecule has 2 heterocycles. The molecule has 2 aromatic rings. The van der Waals surface area contributed by atoms with Gasteiger partial charge in [0.05, 0.1) is 33.8 Å². The third kappa shape index (κ3) is 5.44. The van der Waals surface area contributed by atoms with E-state index in [1.54, 1.807) is 18.2 Å². The van der Waals surface area contributed by atoms with Gasteiger partial charge in [-0.05, 0) is 69.7 Å². The van der Waals surface area contributed by atoms with E-state index in [9.17, 15) is 14.0 Å². The summed E-state index contributed by atoms with van der Waals surface area (Å²) >= 11 is 6.76. The number of ketones is 1. The predicted octanol–water partition coefficient (Wildman–Crippen LogP) is 6.23. The molecule has 1 unspecified atom stereocenters. The Labute approximate surface area is 211 Å². The van der Waals surface area contributed by atoms with Gasteiger partial charge < -0.3 is 15.4 Å². The normalized spacial score (nSPS) is 28.0. The molecule has 186 valence electrons. The molecule has 0 aromatic heterocycles. The zero-order valence-corrected chi connectivity index (χ0v) is 21.1. The summed E-state index contributed by atoms with van der Waals surface area (Å²) in [5.74, 6) is -0.734. The Hall–Kier alpha value is -2.70. The molecule has 35 heavy (non-hydrogen) atoms. The van der Waals surface area contributed by atoms with Crippen molar-refractivity contribution in [2.24, 2.45) is 11.8 Å². The second-order valence-electron chi connectivity index (χ2n) is 9.81. The van der Waals surface area contributed by atoms with Gasteiger partial charge in [-0.15, -0.1) is 0 Å². The van der Waals surface area contributed by atoms with Crippen LogP contribution < -0.4 is 10.6 Å². The number of hydrogen-bond donors (Lipinski definition) is 2. The second kappa shape index (κ2) is 10.5. The van der Waals surface area contributed by atoms with Crippen LogP contribution in [0.25, 0.3) is 0 Å². The molecule has 2 N–H and O–H groups in total. The SMILES string of the molecule is C/C=C1\N[C@](C)(c2cccc(NC(=O)c3ccccc3F)c2Cl)CC(=O)C1C[C@@H]1CCO[C@H](C)C1. The number of benzene rings is 2. The molecule has 4 rings (SSSR count). The zero-order chi connectivity index (χ0) is 25.2. The number of carbonyl (C=O) groups excluding carboxylic acids is 2. The maximum absolute atomic E-state index is 14.1. The number of piperidine rings is 1. The number of nitrogens with one attached hydrogen (secondary N) is 2. The predicted molar refractivity (Wildman–Crippen MR) is 136 cm³/mol. The lowest BCUT2D eigenvalue weighted by atomic mass is 9.74. The Balaban J connectivity index is 1.55. The van der Waals surface area contributed by atoms with E-state index >= 15 is 0 Å². The summed E-state index contributed by atoms with van der Waals surface area (Å²) in [7, 11) is 0. The lowest BCUT2D eigenvalue weighted by Gasteiger charge is -2.42. The topological polar surface area (TPSA) is 67.4 Å². The molecule has 4 atom stereocenters. The van der Waals surface area contributed by atoms with Gasteiger partial charge in [0, 0.05) is 18.7 Å². The first-order chi connectivity index (χ1) is 16.7. The van der Waals surface area contributed by atoms with E-state index in [4.69, 9.17) is 16.3 Å². The summed E-state index contributed by atoms with van der Waals surface area (Å²) in [5, 5.41) is 6.63. The molecule has 2 aliphatic rings. The standard InChI is InChI=1S/C28H32ClFN2O3/c1-4-23-20(15-18-12-13-35-17(2)14-18)25(33)16-28(3,32-23)21-9-7-11-24(26(21)29)31-27(34)19-8-5-6-10-22(19)30/h4-11,17-18,20,32H,12-16H2,1-3H3,(H,31,34)/b23-4-/t17-,18-,20?,28+/m1/s1. The van der Waals surface area contributed by atoms with Crippen molar-refractivity contribution in [3.63, 3.8) is 0 Å². The minimum atomic E-state index is -0.742. The van der Waals surface area contributed by atoms with Crippen LogP contribution in [0.15, 0.2) is 54.2 Å². The Morgan fingerprint density at radius 3 is 2.77 bits per heavy atom. The van der Waals surface area contributed by atoms with Crippen molar-refractivity contribution in [2.45, 2.75) is 58.1 Å². The zero-order valence-electron chi connectivity index (χ0n) is 20.4. The molecule has 2 saturated heterocycles. The average molecular weight is 499 g/mol. The molecule has 0 spiro atoms. The van der Waals surface area contributed by atoms with Crippen molar-refractivity contribution in [1.29, 1.82) is 0 Å². The third-order valence-electron chi connectivity index (χ3n) is 7.15. The van der Waals surface area contributed by atoms with Crippen molar-refractivity contribution in [2.75, 3.05) is 11.9 Å². The largest absolute Gasteiger partial charge is 0.378 e. The van der Waals surface area contributed by atoms with E-state index in [1.165, 1.54) is 18.2 Å². The molecule has 0 aliphatic carbocycles. The van der Waals surface area contributed by atoms with E-state index in [-0.39, 0.29) is 29.8 Å². The molecule has 7 heteroatoms. The van der Waals surface area contributed by atoms with Crippen molar-refractivity contribution < 1.29 is 18.7 Å². The van der Waals surface area contributed by atoms with E-state index in [0.717, 1.165) is 31.6 Å². The molecule has 2 aliphatic heterocycles. The van der Waals surface area contributed by atoms with Gasteiger partial charge >= 0.3 is 0 Å². The monoisotopic (exact) mass is 498 g/mol. The molecule has 0 radical (unpaired) electrons. The molecule has 1 amide bonds. The number of Topliss-reactive ketones (excluding diaryl/α,β-unsaturated/α-hetero) is 1. The van der Waals surface area contributed by atoms with Gasteiger partial charge in [0.15, 0.2) is 0 Å². The maximum atomic E-state index is 14.1. The number of allylic oxidation sites excluding steroid dienone is 2. The fraction of sp³-hybridized carbons (Fsp3) is 0.429. The van der Waals surface area contributed by atoms with Gasteiger partial charge in [-0.25, -0.2) is 4.39 Å². The summed E-state index contributed by atoms with van der Waals surface area (Å²) in [6, 6.07) is 11.1. The maximum Gasteiger partial charge on any atom is 0.258 e. The number of anilines is 1. The van der Waals surface area contributed by atoms with E-state index in [2.05, 4.69) is 17.6 Å². The van der Waals surface area contributed by atoms with Gasteiger partial charge in [-0.3, -0.25) is 9.59 Å². The number of rotatable bonds is 5. The Kier molecular flexibility index (Phi) is 7.62. The van der Waals surface area contributed by atoms with E-state index in [0.29, 0.717) is 22.2 Å². The van der Waals surface area contributed by atoms with Crippen molar-refractivity contribution >= 4 is 29.0 Å². The van der Waals surface area contributed by atoms with Crippen molar-refractivity contribution in [1.82, 2.24) is 5.32 Å². The highest BCUT2D eigenvalue weighted by Gasteiger charge is 2.42. The average Bonchev–Trinajstić information content (AvgIpc) is 2.82. The first-order valence-corrected chi connectivity index (χ1v) is 12.5. The van der Waals surface area contributed by atoms with Gasteiger partial charge in [-0.1, -0.05) is 41.9 Å². The number of halogens is 2. The number of hydrogen-bond acceptors (Lipinski definition) is 4. The van der Waals surface area contributed by atoms with Gasteiger partial charge in [-0.2, -0.15) is 0 Å². The summed E-state index contributed by atoms with van der Waals surface area (Å²) in [6.45, 7) is 6.71. The van der Waals surface area contributed by atoms with Crippen LogP contribution in [0, 0.1) is 17.7 Å².